The Labute approximate surface area is 166 Å². The van der Waals surface area contributed by atoms with Crippen molar-refractivity contribution in [1.29, 1.82) is 0 Å². The molecule has 0 radical (unpaired) electrons. The number of fused-ring (bicyclic) bond motifs is 1. The Morgan fingerprint density at radius 3 is 2.67 bits per heavy atom. The average Bonchev–Trinajstić information content (AvgIpc) is 2.68. The molecule has 0 atom stereocenters. The van der Waals surface area contributed by atoms with E-state index < -0.39 is 0 Å². The summed E-state index contributed by atoms with van der Waals surface area (Å²) in [5.74, 6) is 0.00581. The molecule has 1 aromatic heterocycles. The van der Waals surface area contributed by atoms with Crippen LogP contribution in [0.15, 0.2) is 58.5 Å². The van der Waals surface area contributed by atoms with Crippen molar-refractivity contribution in [2.75, 3.05) is 11.1 Å². The van der Waals surface area contributed by atoms with Crippen LogP contribution >= 0.6 is 23.4 Å². The number of para-hydroxylation sites is 1. The van der Waals surface area contributed by atoms with Gasteiger partial charge in [0, 0.05) is 17.3 Å². The number of hydrogen-bond acceptors (Lipinski definition) is 4. The van der Waals surface area contributed by atoms with Crippen molar-refractivity contribution in [3.05, 3.63) is 63.9 Å². The van der Waals surface area contributed by atoms with Gasteiger partial charge in [0.05, 0.1) is 16.7 Å². The molecule has 5 nitrogen and oxygen atoms in total. The third-order valence-corrected chi connectivity index (χ3v) is 5.25. The van der Waals surface area contributed by atoms with Crippen LogP contribution in [0.3, 0.4) is 0 Å². The number of anilines is 1. The summed E-state index contributed by atoms with van der Waals surface area (Å²) in [5.41, 5.74) is 1.27. The van der Waals surface area contributed by atoms with Crippen LogP contribution in [0, 0.1) is 0 Å². The van der Waals surface area contributed by atoms with E-state index in [9.17, 15) is 9.59 Å². The van der Waals surface area contributed by atoms with Crippen LogP contribution in [-0.4, -0.2) is 21.2 Å². The standard InChI is InChI=1S/C20H20ClN3O2S/c1-2-3-12-24-19(26)16-6-4-5-7-17(16)23-20(24)27-13-18(25)22-15-10-8-14(21)9-11-15/h4-11H,2-3,12-13H2,1H3,(H,22,25). The lowest BCUT2D eigenvalue weighted by atomic mass is 10.2. The molecule has 140 valence electrons. The summed E-state index contributed by atoms with van der Waals surface area (Å²) in [6, 6.07) is 14.2. The molecule has 0 spiro atoms. The Morgan fingerprint density at radius 2 is 1.93 bits per heavy atom. The highest BCUT2D eigenvalue weighted by molar-refractivity contribution is 7.99. The maximum Gasteiger partial charge on any atom is 0.262 e. The average molecular weight is 402 g/mol. The normalized spacial score (nSPS) is 10.9. The summed E-state index contributed by atoms with van der Waals surface area (Å²) >= 11 is 7.12. The number of thioether (sulfide) groups is 1. The molecule has 0 bridgehead atoms. The molecule has 1 N–H and O–H groups in total. The molecule has 0 aliphatic carbocycles. The fourth-order valence-corrected chi connectivity index (χ4v) is 3.58. The number of aromatic nitrogens is 2. The number of amides is 1. The minimum atomic E-state index is -0.160. The number of carbonyl (C=O) groups excluding carboxylic acids is 1. The Kier molecular flexibility index (Phi) is 6.53. The fourth-order valence-electron chi connectivity index (χ4n) is 2.63. The zero-order chi connectivity index (χ0) is 19.2. The first-order valence-corrected chi connectivity index (χ1v) is 10.1. The zero-order valence-electron chi connectivity index (χ0n) is 14.9. The van der Waals surface area contributed by atoms with E-state index in [4.69, 9.17) is 11.6 Å². The summed E-state index contributed by atoms with van der Waals surface area (Å²) < 4.78 is 1.67. The van der Waals surface area contributed by atoms with Crippen LogP contribution in [0.5, 0.6) is 0 Å². The van der Waals surface area contributed by atoms with E-state index >= 15 is 0 Å². The second kappa shape index (κ2) is 9.06. The van der Waals surface area contributed by atoms with Gasteiger partial charge in [-0.05, 0) is 42.8 Å². The minimum absolute atomic E-state index is 0.0605. The first-order valence-electron chi connectivity index (χ1n) is 8.76. The van der Waals surface area contributed by atoms with Gasteiger partial charge in [0.1, 0.15) is 0 Å². The second-order valence-corrected chi connectivity index (χ2v) is 7.44. The molecule has 7 heteroatoms. The smallest absolute Gasteiger partial charge is 0.262 e. The van der Waals surface area contributed by atoms with Crippen LogP contribution in [0.4, 0.5) is 5.69 Å². The molecular formula is C20H20ClN3O2S. The van der Waals surface area contributed by atoms with Crippen LogP contribution in [0.1, 0.15) is 19.8 Å². The van der Waals surface area contributed by atoms with Crippen molar-refractivity contribution < 1.29 is 4.79 Å². The highest BCUT2D eigenvalue weighted by Gasteiger charge is 2.13. The number of nitrogens with zero attached hydrogens (tertiary/aromatic N) is 2. The number of unbranched alkanes of at least 4 members (excludes halogenated alkanes) is 1. The number of halogens is 1. The number of carbonyl (C=O) groups is 1. The molecule has 0 fully saturated rings. The first kappa shape index (κ1) is 19.5. The lowest BCUT2D eigenvalue weighted by Gasteiger charge is -2.12. The number of nitrogens with one attached hydrogen (secondary N) is 1. The summed E-state index contributed by atoms with van der Waals surface area (Å²) in [5, 5.41) is 4.60. The number of benzene rings is 2. The highest BCUT2D eigenvalue weighted by atomic mass is 35.5. The second-order valence-electron chi connectivity index (χ2n) is 6.07. The van der Waals surface area contributed by atoms with Crippen LogP contribution in [-0.2, 0) is 11.3 Å². The summed E-state index contributed by atoms with van der Waals surface area (Å²) in [4.78, 5) is 29.7. The van der Waals surface area contributed by atoms with Crippen molar-refractivity contribution >= 4 is 45.9 Å². The lowest BCUT2D eigenvalue weighted by molar-refractivity contribution is -0.113. The highest BCUT2D eigenvalue weighted by Crippen LogP contribution is 2.19. The van der Waals surface area contributed by atoms with Gasteiger partial charge in [-0.3, -0.25) is 14.2 Å². The third-order valence-electron chi connectivity index (χ3n) is 4.02. The number of rotatable bonds is 7. The van der Waals surface area contributed by atoms with Gasteiger partial charge in [-0.25, -0.2) is 4.98 Å². The molecule has 27 heavy (non-hydrogen) atoms. The quantitative estimate of drug-likeness (QED) is 0.465. The van der Waals surface area contributed by atoms with Crippen LogP contribution in [0.2, 0.25) is 5.02 Å². The minimum Gasteiger partial charge on any atom is -0.325 e. The molecular weight excluding hydrogens is 382 g/mol. The van der Waals surface area contributed by atoms with Crippen LogP contribution < -0.4 is 10.9 Å². The SMILES string of the molecule is CCCCn1c(SCC(=O)Nc2ccc(Cl)cc2)nc2ccccc2c1=O. The topological polar surface area (TPSA) is 64.0 Å². The molecule has 0 unspecified atom stereocenters. The zero-order valence-corrected chi connectivity index (χ0v) is 16.5. The molecule has 0 saturated heterocycles. The predicted octanol–water partition coefficient (Wildman–Crippen LogP) is 4.58. The molecule has 0 aliphatic heterocycles. The van der Waals surface area contributed by atoms with E-state index in [0.717, 1.165) is 12.8 Å². The van der Waals surface area contributed by atoms with Crippen molar-refractivity contribution in [1.82, 2.24) is 9.55 Å². The van der Waals surface area contributed by atoms with E-state index in [2.05, 4.69) is 17.2 Å². The summed E-state index contributed by atoms with van der Waals surface area (Å²) in [7, 11) is 0. The van der Waals surface area contributed by atoms with Gasteiger partial charge in [0.25, 0.3) is 5.56 Å². The van der Waals surface area contributed by atoms with Gasteiger partial charge in [0.15, 0.2) is 5.16 Å². The molecule has 0 aliphatic rings. The van der Waals surface area contributed by atoms with Crippen molar-refractivity contribution in [3.63, 3.8) is 0 Å². The fraction of sp³-hybridized carbons (Fsp3) is 0.250. The van der Waals surface area contributed by atoms with Crippen LogP contribution in [0.25, 0.3) is 10.9 Å². The maximum atomic E-state index is 12.8. The Bertz CT molecular complexity index is 1000. The van der Waals surface area contributed by atoms with E-state index in [1.807, 2.05) is 18.2 Å². The van der Waals surface area contributed by atoms with Gasteiger partial charge in [-0.15, -0.1) is 0 Å². The van der Waals surface area contributed by atoms with Gasteiger partial charge >= 0.3 is 0 Å². The summed E-state index contributed by atoms with van der Waals surface area (Å²) in [6.45, 7) is 2.67. The summed E-state index contributed by atoms with van der Waals surface area (Å²) in [6.07, 6.45) is 1.85. The molecule has 3 aromatic rings. The predicted molar refractivity (Wildman–Crippen MR) is 112 cm³/mol. The largest absolute Gasteiger partial charge is 0.325 e. The molecule has 1 heterocycles. The third kappa shape index (κ3) is 4.90. The first-order chi connectivity index (χ1) is 13.1. The van der Waals surface area contributed by atoms with Crippen molar-refractivity contribution in [2.24, 2.45) is 0 Å². The van der Waals surface area contributed by atoms with Crippen molar-refractivity contribution in [2.45, 2.75) is 31.5 Å². The van der Waals surface area contributed by atoms with Gasteiger partial charge in [-0.2, -0.15) is 0 Å². The molecule has 2 aromatic carbocycles. The Balaban J connectivity index is 1.79. The van der Waals surface area contributed by atoms with E-state index in [1.165, 1.54) is 11.8 Å². The van der Waals surface area contributed by atoms with Gasteiger partial charge in [0.2, 0.25) is 5.91 Å². The Hall–Kier alpha value is -2.31. The van der Waals surface area contributed by atoms with Gasteiger partial charge in [-0.1, -0.05) is 48.8 Å². The van der Waals surface area contributed by atoms with E-state index in [1.54, 1.807) is 34.9 Å². The lowest BCUT2D eigenvalue weighted by Crippen LogP contribution is -2.24. The van der Waals surface area contributed by atoms with Crippen molar-refractivity contribution in [3.8, 4) is 0 Å². The number of hydrogen-bond donors (Lipinski definition) is 1. The van der Waals surface area contributed by atoms with E-state index in [0.29, 0.717) is 33.3 Å². The molecule has 0 saturated carbocycles. The van der Waals surface area contributed by atoms with E-state index in [-0.39, 0.29) is 17.2 Å². The maximum absolute atomic E-state index is 12.8. The molecule has 3 rings (SSSR count). The van der Waals surface area contributed by atoms with Gasteiger partial charge < -0.3 is 5.32 Å². The monoisotopic (exact) mass is 401 g/mol. The molecule has 1 amide bonds. The Morgan fingerprint density at radius 1 is 1.19 bits per heavy atom.